The molecule has 10 nitrogen and oxygen atoms in total. The van der Waals surface area contributed by atoms with Gasteiger partial charge >= 0.3 is 5.97 Å². The molecule has 200 valence electrons. The smallest absolute Gasteiger partial charge is 0.312 e. The lowest BCUT2D eigenvalue weighted by Crippen LogP contribution is -2.58. The second-order valence-corrected chi connectivity index (χ2v) is 10.9. The molecule has 0 aromatic carbocycles. The summed E-state index contributed by atoms with van der Waals surface area (Å²) in [5.74, 6) is -2.76. The van der Waals surface area contributed by atoms with Crippen LogP contribution in [0.4, 0.5) is 0 Å². The number of rotatable bonds is 12. The van der Waals surface area contributed by atoms with Crippen molar-refractivity contribution in [2.24, 2.45) is 11.8 Å². The van der Waals surface area contributed by atoms with Gasteiger partial charge in [-0.3, -0.25) is 19.3 Å². The van der Waals surface area contributed by atoms with Gasteiger partial charge in [0.2, 0.25) is 11.8 Å². The highest BCUT2D eigenvalue weighted by molar-refractivity contribution is 9.09. The summed E-state index contributed by atoms with van der Waals surface area (Å²) in [6, 6.07) is -0.942. The summed E-state index contributed by atoms with van der Waals surface area (Å²) in [5, 5.41) is 9.76. The molecule has 1 N–H and O–H groups in total. The van der Waals surface area contributed by atoms with Crippen LogP contribution in [-0.4, -0.2) is 126 Å². The van der Waals surface area contributed by atoms with Gasteiger partial charge in [-0.1, -0.05) is 28.1 Å². The fourth-order valence-electron chi connectivity index (χ4n) is 6.07. The van der Waals surface area contributed by atoms with Crippen LogP contribution in [0.25, 0.3) is 0 Å². The highest BCUT2D eigenvalue weighted by Gasteiger charge is 2.77. The summed E-state index contributed by atoms with van der Waals surface area (Å²) in [5.41, 5.74) is -1.16. The van der Waals surface area contributed by atoms with Gasteiger partial charge in [0, 0.05) is 44.1 Å². The normalized spacial score (nSPS) is 33.4. The van der Waals surface area contributed by atoms with E-state index in [0.29, 0.717) is 45.7 Å². The van der Waals surface area contributed by atoms with Crippen molar-refractivity contribution in [2.75, 3.05) is 65.7 Å². The van der Waals surface area contributed by atoms with E-state index in [9.17, 15) is 19.5 Å². The third-order valence-electron chi connectivity index (χ3n) is 7.65. The molecule has 1 spiro atoms. The van der Waals surface area contributed by atoms with Gasteiger partial charge in [0.25, 0.3) is 0 Å². The number of esters is 1. The molecule has 2 amide bonds. The Morgan fingerprint density at radius 2 is 2.00 bits per heavy atom. The molecule has 0 aromatic heterocycles. The summed E-state index contributed by atoms with van der Waals surface area (Å²) in [6.07, 6.45) is 3.67. The van der Waals surface area contributed by atoms with Gasteiger partial charge in [0.15, 0.2) is 0 Å². The van der Waals surface area contributed by atoms with Gasteiger partial charge in [-0.15, -0.1) is 13.2 Å². The molecule has 11 heteroatoms. The van der Waals surface area contributed by atoms with Crippen molar-refractivity contribution in [1.82, 2.24) is 14.7 Å². The Morgan fingerprint density at radius 1 is 1.25 bits per heavy atom. The van der Waals surface area contributed by atoms with E-state index in [-0.39, 0.29) is 36.4 Å². The molecule has 4 fully saturated rings. The predicted octanol–water partition coefficient (Wildman–Crippen LogP) is 0.193. The second kappa shape index (κ2) is 11.7. The van der Waals surface area contributed by atoms with Crippen LogP contribution in [0.2, 0.25) is 0 Å². The lowest BCUT2D eigenvalue weighted by molar-refractivity contribution is -0.155. The number of aliphatic hydroxyl groups is 1. The molecular weight excluding hydrogens is 534 g/mol. The van der Waals surface area contributed by atoms with Crippen molar-refractivity contribution in [3.05, 3.63) is 25.3 Å². The maximum atomic E-state index is 14.1. The van der Waals surface area contributed by atoms with Crippen molar-refractivity contribution >= 4 is 33.7 Å². The van der Waals surface area contributed by atoms with Crippen LogP contribution in [0.15, 0.2) is 25.3 Å². The lowest BCUT2D eigenvalue weighted by Gasteiger charge is -2.37. The average Bonchev–Trinajstić information content (AvgIpc) is 3.46. The third kappa shape index (κ3) is 4.88. The summed E-state index contributed by atoms with van der Waals surface area (Å²) >= 11 is 3.64. The first-order valence-electron chi connectivity index (χ1n) is 12.6. The van der Waals surface area contributed by atoms with Crippen LogP contribution in [0.1, 0.15) is 12.8 Å². The number of β-amino-alcohol motifs (C(OH)–C–C–N with tert-alkyl or cyclic N) is 1. The fraction of sp³-hybridized carbons (Fsp3) is 0.720. The van der Waals surface area contributed by atoms with Crippen LogP contribution in [0, 0.1) is 11.8 Å². The molecule has 0 saturated carbocycles. The van der Waals surface area contributed by atoms with E-state index < -0.39 is 35.6 Å². The highest BCUT2D eigenvalue weighted by atomic mass is 79.9. The number of morpholine rings is 1. The standard InChI is InChI=1S/C25H36BrN3O7/c1-3-5-13-35-24(33)18-19-22(31)29(9-12-30)21(25(19)16-17(26)20(18)36-25)23(32)28(6-4-2)8-7-27-10-14-34-15-11-27/h3-4,17-21,30H,1-2,5-16H2/t17?,18-,19+,20-,21?,25?/m1/s1. The first-order valence-corrected chi connectivity index (χ1v) is 13.5. The molecule has 4 saturated heterocycles. The number of aliphatic hydroxyl groups excluding tert-OH is 1. The minimum atomic E-state index is -1.16. The Bertz CT molecular complexity index is 867. The van der Waals surface area contributed by atoms with Gasteiger partial charge in [-0.25, -0.2) is 0 Å². The monoisotopic (exact) mass is 569 g/mol. The van der Waals surface area contributed by atoms with Crippen LogP contribution in [0.3, 0.4) is 0 Å². The first-order chi connectivity index (χ1) is 17.4. The number of nitrogens with zero attached hydrogens (tertiary/aromatic N) is 3. The van der Waals surface area contributed by atoms with Crippen molar-refractivity contribution in [3.8, 4) is 0 Å². The summed E-state index contributed by atoms with van der Waals surface area (Å²) in [4.78, 5) is 46.0. The molecule has 4 heterocycles. The zero-order valence-electron chi connectivity index (χ0n) is 20.6. The number of ether oxygens (including phenoxy) is 3. The Hall–Kier alpha value is -1.79. The number of alkyl halides is 1. The van der Waals surface area contributed by atoms with E-state index in [4.69, 9.17) is 14.2 Å². The number of halogens is 1. The molecule has 4 rings (SSSR count). The van der Waals surface area contributed by atoms with Crippen LogP contribution >= 0.6 is 15.9 Å². The Kier molecular flexibility index (Phi) is 8.87. The predicted molar refractivity (Wildman–Crippen MR) is 134 cm³/mol. The van der Waals surface area contributed by atoms with Crippen LogP contribution < -0.4 is 0 Å². The fourth-order valence-corrected chi connectivity index (χ4v) is 7.02. The van der Waals surface area contributed by atoms with E-state index in [1.807, 2.05) is 0 Å². The first kappa shape index (κ1) is 27.3. The third-order valence-corrected chi connectivity index (χ3v) is 8.50. The maximum absolute atomic E-state index is 14.1. The lowest BCUT2D eigenvalue weighted by atomic mass is 9.70. The Labute approximate surface area is 220 Å². The van der Waals surface area contributed by atoms with E-state index in [0.717, 1.165) is 13.1 Å². The molecule has 0 aliphatic carbocycles. The van der Waals surface area contributed by atoms with Crippen LogP contribution in [0.5, 0.6) is 0 Å². The number of hydrogen-bond donors (Lipinski definition) is 1. The Morgan fingerprint density at radius 3 is 2.67 bits per heavy atom. The van der Waals surface area contributed by atoms with Crippen molar-refractivity contribution in [3.63, 3.8) is 0 Å². The van der Waals surface area contributed by atoms with Crippen molar-refractivity contribution < 1.29 is 33.7 Å². The molecule has 36 heavy (non-hydrogen) atoms. The summed E-state index contributed by atoms with van der Waals surface area (Å²) in [7, 11) is 0. The SMILES string of the molecule is C=CCCOC(=O)[C@H]1[C@@H]2OC3(CC2Br)C(C(=O)N(CC=C)CCN2CCOCC2)N(CCO)C(=O)[C@H]13. The minimum absolute atomic E-state index is 0.0158. The number of likely N-dealkylation sites (tertiary alicyclic amines) is 1. The van der Waals surface area contributed by atoms with Gasteiger partial charge in [-0.2, -0.15) is 0 Å². The number of fused-ring (bicyclic) bond motifs is 1. The molecule has 4 aliphatic heterocycles. The van der Waals surface area contributed by atoms with E-state index in [1.54, 1.807) is 17.1 Å². The van der Waals surface area contributed by atoms with Crippen molar-refractivity contribution in [1.29, 1.82) is 0 Å². The number of carbonyl (C=O) groups excluding carboxylic acids is 3. The number of amides is 2. The molecule has 3 unspecified atom stereocenters. The topological polar surface area (TPSA) is 109 Å². The average molecular weight is 570 g/mol. The quantitative estimate of drug-likeness (QED) is 0.153. The molecule has 0 radical (unpaired) electrons. The maximum Gasteiger partial charge on any atom is 0.312 e. The number of hydrogen-bond acceptors (Lipinski definition) is 8. The zero-order chi connectivity index (χ0) is 25.9. The van der Waals surface area contributed by atoms with E-state index >= 15 is 0 Å². The van der Waals surface area contributed by atoms with Gasteiger partial charge < -0.3 is 29.1 Å². The molecule has 0 aromatic rings. The minimum Gasteiger partial charge on any atom is -0.465 e. The van der Waals surface area contributed by atoms with E-state index in [2.05, 4.69) is 34.0 Å². The molecule has 4 aliphatic rings. The van der Waals surface area contributed by atoms with Gasteiger partial charge in [0.05, 0.1) is 44.4 Å². The van der Waals surface area contributed by atoms with Crippen molar-refractivity contribution in [2.45, 2.75) is 35.4 Å². The van der Waals surface area contributed by atoms with E-state index in [1.165, 1.54) is 4.90 Å². The molecule has 6 atom stereocenters. The van der Waals surface area contributed by atoms with Gasteiger partial charge in [0.1, 0.15) is 11.6 Å². The molecule has 2 bridgehead atoms. The number of carbonyl (C=O) groups is 3. The summed E-state index contributed by atoms with van der Waals surface area (Å²) < 4.78 is 17.3. The Balaban J connectivity index is 1.60. The highest BCUT2D eigenvalue weighted by Crippen LogP contribution is 2.60. The largest absolute Gasteiger partial charge is 0.465 e. The van der Waals surface area contributed by atoms with Gasteiger partial charge in [-0.05, 0) is 12.8 Å². The van der Waals surface area contributed by atoms with Crippen LogP contribution in [-0.2, 0) is 28.6 Å². The molecular formula is C25H36BrN3O7. The second-order valence-electron chi connectivity index (χ2n) is 9.69. The summed E-state index contributed by atoms with van der Waals surface area (Å²) in [6.45, 7) is 11.7. The zero-order valence-corrected chi connectivity index (χ0v) is 22.1.